The molecule has 0 saturated carbocycles. The highest BCUT2D eigenvalue weighted by molar-refractivity contribution is 7.89. The van der Waals surface area contributed by atoms with Gasteiger partial charge in [-0.2, -0.15) is 8.70 Å². The predicted octanol–water partition coefficient (Wildman–Crippen LogP) is 4.90. The first-order valence-corrected chi connectivity index (χ1v) is 13.6. The molecule has 1 aromatic carbocycles. The van der Waals surface area contributed by atoms with Crippen molar-refractivity contribution < 1.29 is 22.3 Å². The van der Waals surface area contributed by atoms with Crippen molar-refractivity contribution in [3.8, 4) is 22.9 Å². The van der Waals surface area contributed by atoms with Crippen LogP contribution in [0.15, 0.2) is 53.6 Å². The van der Waals surface area contributed by atoms with Crippen LogP contribution in [0.2, 0.25) is 5.15 Å². The van der Waals surface area contributed by atoms with Gasteiger partial charge in [-0.1, -0.05) is 11.6 Å². The Balaban J connectivity index is 1.30. The number of sulfonamides is 1. The van der Waals surface area contributed by atoms with Gasteiger partial charge in [-0.25, -0.2) is 23.4 Å². The Morgan fingerprint density at radius 3 is 2.59 bits per heavy atom. The standard InChI is InChI=1S/C25H23ClFN5O4S/c1-15-5-7-19-24(29-15)32(23(30-19)18-4-3-11-28-22(18)26)16-9-12-31(13-10-16)37(33,34)17-6-8-20-21(14-17)36-25(2,27)35-20/h3-8,11,14,16H,9-10,12-13H2,1-2H3. The molecule has 3 aromatic heterocycles. The summed E-state index contributed by atoms with van der Waals surface area (Å²) in [7, 11) is -3.83. The molecule has 5 heterocycles. The van der Waals surface area contributed by atoms with Gasteiger partial charge in [-0.05, 0) is 56.2 Å². The Morgan fingerprint density at radius 2 is 1.84 bits per heavy atom. The monoisotopic (exact) mass is 543 g/mol. The first kappa shape index (κ1) is 24.1. The summed E-state index contributed by atoms with van der Waals surface area (Å²) in [6.07, 6.45) is 2.70. The van der Waals surface area contributed by atoms with Crippen LogP contribution in [0, 0.1) is 6.92 Å². The number of piperidine rings is 1. The molecule has 0 spiro atoms. The Bertz CT molecular complexity index is 1630. The van der Waals surface area contributed by atoms with Gasteiger partial charge in [0, 0.05) is 44.0 Å². The van der Waals surface area contributed by atoms with Gasteiger partial charge in [0.2, 0.25) is 10.0 Å². The van der Waals surface area contributed by atoms with Gasteiger partial charge in [0.15, 0.2) is 17.1 Å². The molecule has 1 atom stereocenters. The maximum Gasteiger partial charge on any atom is 0.404 e. The van der Waals surface area contributed by atoms with Crippen LogP contribution in [0.1, 0.15) is 31.5 Å². The van der Waals surface area contributed by atoms with E-state index < -0.39 is 16.1 Å². The van der Waals surface area contributed by atoms with E-state index in [1.54, 1.807) is 12.3 Å². The van der Waals surface area contributed by atoms with Gasteiger partial charge < -0.3 is 14.0 Å². The Hall–Kier alpha value is -3.28. The highest BCUT2D eigenvalue weighted by Crippen LogP contribution is 2.42. The van der Waals surface area contributed by atoms with Crippen LogP contribution in [-0.2, 0) is 10.0 Å². The topological polar surface area (TPSA) is 99.4 Å². The Labute approximate surface area is 217 Å². The van der Waals surface area contributed by atoms with Gasteiger partial charge in [-0.15, -0.1) is 0 Å². The summed E-state index contributed by atoms with van der Waals surface area (Å²) in [5.41, 5.74) is 3.00. The van der Waals surface area contributed by atoms with Crippen molar-refractivity contribution in [1.29, 1.82) is 0 Å². The van der Waals surface area contributed by atoms with E-state index in [0.717, 1.165) is 23.8 Å². The molecule has 37 heavy (non-hydrogen) atoms. The molecule has 4 aromatic rings. The molecular weight excluding hydrogens is 521 g/mol. The second kappa shape index (κ2) is 8.64. The second-order valence-corrected chi connectivity index (χ2v) is 11.5. The van der Waals surface area contributed by atoms with Gasteiger partial charge in [-0.3, -0.25) is 0 Å². The van der Waals surface area contributed by atoms with E-state index >= 15 is 0 Å². The van der Waals surface area contributed by atoms with Crippen molar-refractivity contribution in [2.24, 2.45) is 0 Å². The molecule has 6 rings (SSSR count). The number of hydrogen-bond donors (Lipinski definition) is 0. The number of aryl methyl sites for hydroxylation is 1. The molecule has 1 fully saturated rings. The van der Waals surface area contributed by atoms with E-state index in [1.807, 2.05) is 25.1 Å². The Morgan fingerprint density at radius 1 is 1.08 bits per heavy atom. The lowest BCUT2D eigenvalue weighted by Gasteiger charge is -2.32. The van der Waals surface area contributed by atoms with Gasteiger partial charge in [0.1, 0.15) is 16.5 Å². The van der Waals surface area contributed by atoms with Crippen molar-refractivity contribution in [2.75, 3.05) is 13.1 Å². The molecule has 0 bridgehead atoms. The molecule has 9 nitrogen and oxygen atoms in total. The van der Waals surface area contributed by atoms with Crippen LogP contribution in [0.5, 0.6) is 11.5 Å². The van der Waals surface area contributed by atoms with E-state index in [2.05, 4.69) is 9.55 Å². The third kappa shape index (κ3) is 4.20. The van der Waals surface area contributed by atoms with Crippen LogP contribution < -0.4 is 9.47 Å². The summed E-state index contributed by atoms with van der Waals surface area (Å²) in [5, 5.41) is 0.336. The smallest absolute Gasteiger partial charge is 0.404 e. The average molecular weight is 544 g/mol. The van der Waals surface area contributed by atoms with Gasteiger partial charge in [0.05, 0.1) is 10.5 Å². The fourth-order valence-corrected chi connectivity index (χ4v) is 6.56. The highest BCUT2D eigenvalue weighted by Gasteiger charge is 2.39. The van der Waals surface area contributed by atoms with Crippen LogP contribution in [0.3, 0.4) is 0 Å². The van der Waals surface area contributed by atoms with Crippen LogP contribution in [0.4, 0.5) is 4.39 Å². The van der Waals surface area contributed by atoms with E-state index in [0.29, 0.717) is 29.4 Å². The van der Waals surface area contributed by atoms with Crippen molar-refractivity contribution in [2.45, 2.75) is 43.7 Å². The number of fused-ring (bicyclic) bond motifs is 2. The molecular formula is C25H23ClFN5O4S. The number of aromatic nitrogens is 4. The number of ether oxygens (including phenoxy) is 2. The van der Waals surface area contributed by atoms with Crippen molar-refractivity contribution in [1.82, 2.24) is 23.8 Å². The molecule has 192 valence electrons. The van der Waals surface area contributed by atoms with E-state index in [4.69, 9.17) is 31.0 Å². The van der Waals surface area contributed by atoms with Crippen LogP contribution in [-0.4, -0.2) is 51.4 Å². The molecule has 1 saturated heterocycles. The lowest BCUT2D eigenvalue weighted by Crippen LogP contribution is -2.39. The molecule has 1 unspecified atom stereocenters. The SMILES string of the molecule is Cc1ccc2nc(-c3cccnc3Cl)n(C3CCN(S(=O)(=O)c4ccc5c(c4)OC(C)(F)O5)CC3)c2n1. The van der Waals surface area contributed by atoms with Crippen LogP contribution in [0.25, 0.3) is 22.6 Å². The minimum atomic E-state index is -3.83. The minimum absolute atomic E-state index is 0.0270. The third-order valence-electron chi connectivity index (χ3n) is 6.60. The molecule has 0 N–H and O–H groups in total. The fourth-order valence-electron chi connectivity index (χ4n) is 4.87. The number of benzene rings is 1. The van der Waals surface area contributed by atoms with E-state index in [1.165, 1.54) is 22.5 Å². The number of hydrogen-bond acceptors (Lipinski definition) is 7. The normalized spacial score (nSPS) is 20.5. The zero-order valence-electron chi connectivity index (χ0n) is 20.1. The van der Waals surface area contributed by atoms with Gasteiger partial charge >= 0.3 is 6.04 Å². The zero-order valence-corrected chi connectivity index (χ0v) is 21.6. The number of rotatable bonds is 4. The molecule has 0 amide bonds. The lowest BCUT2D eigenvalue weighted by atomic mass is 10.1. The third-order valence-corrected chi connectivity index (χ3v) is 8.80. The number of alkyl halides is 1. The van der Waals surface area contributed by atoms with Gasteiger partial charge in [0.25, 0.3) is 0 Å². The summed E-state index contributed by atoms with van der Waals surface area (Å²) in [6, 6.07) is 9.24. The second-order valence-electron chi connectivity index (χ2n) is 9.23. The molecule has 2 aliphatic rings. The summed E-state index contributed by atoms with van der Waals surface area (Å²) in [5.74, 6) is 0.877. The number of pyridine rings is 2. The van der Waals surface area contributed by atoms with Crippen LogP contribution >= 0.6 is 11.6 Å². The van der Waals surface area contributed by atoms with Crippen molar-refractivity contribution >= 4 is 32.8 Å². The summed E-state index contributed by atoms with van der Waals surface area (Å²) in [4.78, 5) is 13.8. The summed E-state index contributed by atoms with van der Waals surface area (Å²) < 4.78 is 54.5. The van der Waals surface area contributed by atoms with E-state index in [9.17, 15) is 12.8 Å². The Kier molecular flexibility index (Phi) is 5.62. The predicted molar refractivity (Wildman–Crippen MR) is 135 cm³/mol. The number of halogens is 2. The zero-order chi connectivity index (χ0) is 25.9. The summed E-state index contributed by atoms with van der Waals surface area (Å²) >= 11 is 6.42. The minimum Gasteiger partial charge on any atom is -0.423 e. The first-order valence-electron chi connectivity index (χ1n) is 11.8. The lowest BCUT2D eigenvalue weighted by molar-refractivity contribution is -0.173. The van der Waals surface area contributed by atoms with E-state index in [-0.39, 0.29) is 35.5 Å². The molecule has 0 aliphatic carbocycles. The fraction of sp³-hybridized carbons (Fsp3) is 0.320. The summed E-state index contributed by atoms with van der Waals surface area (Å²) in [6.45, 7) is 3.61. The maximum atomic E-state index is 14.1. The molecule has 12 heteroatoms. The highest BCUT2D eigenvalue weighted by atomic mass is 35.5. The first-order chi connectivity index (χ1) is 17.6. The molecule has 2 aliphatic heterocycles. The van der Waals surface area contributed by atoms with Crippen molar-refractivity contribution in [3.05, 3.63) is 59.5 Å². The number of nitrogens with zero attached hydrogens (tertiary/aromatic N) is 5. The quantitative estimate of drug-likeness (QED) is 0.338. The molecule has 0 radical (unpaired) electrons. The van der Waals surface area contributed by atoms with Crippen molar-refractivity contribution in [3.63, 3.8) is 0 Å². The maximum absolute atomic E-state index is 14.1. The average Bonchev–Trinajstić information content (AvgIpc) is 3.39. The largest absolute Gasteiger partial charge is 0.423 e. The number of imidazole rings is 1.